The van der Waals surface area contributed by atoms with E-state index in [-0.39, 0.29) is 0 Å². The predicted molar refractivity (Wildman–Crippen MR) is 105 cm³/mol. The van der Waals surface area contributed by atoms with Gasteiger partial charge in [-0.1, -0.05) is 29.8 Å². The highest BCUT2D eigenvalue weighted by atomic mass is 35.5. The van der Waals surface area contributed by atoms with Gasteiger partial charge in [0.25, 0.3) is 0 Å². The van der Waals surface area contributed by atoms with E-state index in [4.69, 9.17) is 21.1 Å². The van der Waals surface area contributed by atoms with E-state index in [2.05, 4.69) is 10.3 Å². The molecule has 1 N–H and O–H groups in total. The first-order chi connectivity index (χ1) is 12.6. The summed E-state index contributed by atoms with van der Waals surface area (Å²) in [6, 6.07) is 13.7. The summed E-state index contributed by atoms with van der Waals surface area (Å²) < 4.78 is 13.0. The van der Waals surface area contributed by atoms with E-state index >= 15 is 0 Å². The van der Waals surface area contributed by atoms with Gasteiger partial charge in [-0.15, -0.1) is 0 Å². The number of ether oxygens (including phenoxy) is 2. The summed E-state index contributed by atoms with van der Waals surface area (Å²) in [6.45, 7) is 3.18. The lowest BCUT2D eigenvalue weighted by Crippen LogP contribution is -2.06. The van der Waals surface area contributed by atoms with Gasteiger partial charge in [-0.3, -0.25) is 0 Å². The smallest absolute Gasteiger partial charge is 0.203 e. The fraction of sp³-hybridized carbons (Fsp3) is 0.250. The molecule has 1 heterocycles. The molecule has 5 nitrogen and oxygen atoms in total. The molecule has 0 saturated heterocycles. The van der Waals surface area contributed by atoms with Gasteiger partial charge >= 0.3 is 0 Å². The Balaban J connectivity index is 1.75. The molecule has 0 saturated carbocycles. The Bertz CT molecular complexity index is 893. The summed E-state index contributed by atoms with van der Waals surface area (Å²) in [5.41, 5.74) is 3.11. The molecule has 0 spiro atoms. The number of halogens is 1. The van der Waals surface area contributed by atoms with Gasteiger partial charge in [-0.25, -0.2) is 4.98 Å². The molecule has 26 heavy (non-hydrogen) atoms. The van der Waals surface area contributed by atoms with Crippen LogP contribution in [0.25, 0.3) is 11.3 Å². The van der Waals surface area contributed by atoms with Crippen molar-refractivity contribution in [2.75, 3.05) is 19.0 Å². The molecule has 0 fully saturated rings. The minimum Gasteiger partial charge on any atom is -0.493 e. The van der Waals surface area contributed by atoms with E-state index in [1.54, 1.807) is 7.11 Å². The maximum atomic E-state index is 6.09. The Morgan fingerprint density at radius 1 is 1.15 bits per heavy atom. The number of aromatic nitrogens is 2. The molecule has 1 aromatic heterocycles. The topological polar surface area (TPSA) is 48.3 Å². The van der Waals surface area contributed by atoms with Gasteiger partial charge in [0, 0.05) is 24.2 Å². The zero-order valence-corrected chi connectivity index (χ0v) is 15.9. The minimum atomic E-state index is 0.605. The van der Waals surface area contributed by atoms with Crippen LogP contribution in [0.4, 0.5) is 5.95 Å². The largest absolute Gasteiger partial charge is 0.493 e. The Morgan fingerprint density at radius 2 is 2.00 bits per heavy atom. The van der Waals surface area contributed by atoms with Crippen molar-refractivity contribution in [1.29, 1.82) is 0 Å². The highest BCUT2D eigenvalue weighted by molar-refractivity contribution is 6.30. The van der Waals surface area contributed by atoms with Crippen LogP contribution in [0, 0.1) is 0 Å². The van der Waals surface area contributed by atoms with E-state index in [0.717, 1.165) is 34.3 Å². The van der Waals surface area contributed by atoms with Crippen molar-refractivity contribution in [1.82, 2.24) is 9.55 Å². The van der Waals surface area contributed by atoms with Gasteiger partial charge in [0.05, 0.1) is 25.6 Å². The molecule has 0 radical (unpaired) electrons. The van der Waals surface area contributed by atoms with E-state index < -0.39 is 0 Å². The lowest BCUT2D eigenvalue weighted by Gasteiger charge is -2.12. The Kier molecular flexibility index (Phi) is 5.68. The molecule has 6 heteroatoms. The van der Waals surface area contributed by atoms with E-state index in [1.807, 2.05) is 67.2 Å². The Labute approximate surface area is 158 Å². The van der Waals surface area contributed by atoms with E-state index in [9.17, 15) is 0 Å². The van der Waals surface area contributed by atoms with E-state index in [1.165, 1.54) is 0 Å². The van der Waals surface area contributed by atoms with Crippen LogP contribution in [-0.4, -0.2) is 23.3 Å². The normalized spacial score (nSPS) is 10.6. The lowest BCUT2D eigenvalue weighted by molar-refractivity contribution is 0.310. The van der Waals surface area contributed by atoms with Crippen LogP contribution in [0.2, 0.25) is 5.02 Å². The summed E-state index contributed by atoms with van der Waals surface area (Å²) in [7, 11) is 3.62. The van der Waals surface area contributed by atoms with E-state index in [0.29, 0.717) is 18.2 Å². The van der Waals surface area contributed by atoms with Crippen LogP contribution in [0.3, 0.4) is 0 Å². The molecule has 0 atom stereocenters. The third kappa shape index (κ3) is 3.94. The molecule has 3 rings (SSSR count). The molecule has 0 bridgehead atoms. The number of rotatable bonds is 7. The van der Waals surface area contributed by atoms with Crippen LogP contribution in [-0.2, 0) is 13.6 Å². The highest BCUT2D eigenvalue weighted by Crippen LogP contribution is 2.29. The number of hydrogen-bond acceptors (Lipinski definition) is 4. The van der Waals surface area contributed by atoms with Crippen LogP contribution in [0.1, 0.15) is 12.5 Å². The summed E-state index contributed by atoms with van der Waals surface area (Å²) in [5.74, 6) is 2.26. The molecule has 0 aliphatic rings. The molecular formula is C20H22ClN3O2. The third-order valence-corrected chi connectivity index (χ3v) is 4.32. The van der Waals surface area contributed by atoms with Crippen molar-refractivity contribution < 1.29 is 9.47 Å². The first-order valence-corrected chi connectivity index (χ1v) is 8.81. The molecule has 0 amide bonds. The molecular weight excluding hydrogens is 350 g/mol. The predicted octanol–water partition coefficient (Wildman–Crippen LogP) is 4.76. The summed E-state index contributed by atoms with van der Waals surface area (Å²) >= 11 is 6.09. The fourth-order valence-corrected chi connectivity index (χ4v) is 2.96. The third-order valence-electron chi connectivity index (χ3n) is 4.09. The van der Waals surface area contributed by atoms with Gasteiger partial charge in [0.2, 0.25) is 5.95 Å². The number of hydrogen-bond donors (Lipinski definition) is 1. The summed E-state index contributed by atoms with van der Waals surface area (Å²) in [5, 5.41) is 4.07. The molecule has 0 aliphatic heterocycles. The van der Waals surface area contributed by atoms with Crippen molar-refractivity contribution in [3.8, 4) is 22.8 Å². The molecule has 0 unspecified atom stereocenters. The fourth-order valence-electron chi connectivity index (χ4n) is 2.77. The average Bonchev–Trinajstić information content (AvgIpc) is 3.01. The maximum absolute atomic E-state index is 6.09. The zero-order chi connectivity index (χ0) is 18.5. The van der Waals surface area contributed by atoms with Crippen LogP contribution in [0.15, 0.2) is 48.7 Å². The van der Waals surface area contributed by atoms with Crippen LogP contribution < -0.4 is 14.8 Å². The molecule has 2 aromatic carbocycles. The van der Waals surface area contributed by atoms with Crippen molar-refractivity contribution >= 4 is 17.5 Å². The van der Waals surface area contributed by atoms with Crippen LogP contribution in [0.5, 0.6) is 11.5 Å². The van der Waals surface area contributed by atoms with Crippen molar-refractivity contribution in [3.63, 3.8) is 0 Å². The standard InChI is InChI=1S/C20H22ClN3O2/c1-4-26-18-9-8-14(10-19(18)25-3)12-22-20-23-13-17(24(20)2)15-6-5-7-16(21)11-15/h5-11,13H,4,12H2,1-3H3,(H,22,23). The second-order valence-electron chi connectivity index (χ2n) is 5.81. The Hall–Kier alpha value is -2.66. The number of benzene rings is 2. The SMILES string of the molecule is CCOc1ccc(CNc2ncc(-c3cccc(Cl)c3)n2C)cc1OC. The zero-order valence-electron chi connectivity index (χ0n) is 15.1. The summed E-state index contributed by atoms with van der Waals surface area (Å²) in [6.07, 6.45) is 1.84. The average molecular weight is 372 g/mol. The number of imidazole rings is 1. The number of nitrogens with zero attached hydrogens (tertiary/aromatic N) is 2. The molecule has 136 valence electrons. The second-order valence-corrected chi connectivity index (χ2v) is 6.24. The van der Waals surface area contributed by atoms with Crippen LogP contribution >= 0.6 is 11.6 Å². The quantitative estimate of drug-likeness (QED) is 0.650. The summed E-state index contributed by atoms with van der Waals surface area (Å²) in [4.78, 5) is 4.48. The second kappa shape index (κ2) is 8.15. The first-order valence-electron chi connectivity index (χ1n) is 8.43. The molecule has 3 aromatic rings. The number of anilines is 1. The van der Waals surface area contributed by atoms with Gasteiger partial charge < -0.3 is 19.4 Å². The molecule has 0 aliphatic carbocycles. The first kappa shape index (κ1) is 18.1. The monoisotopic (exact) mass is 371 g/mol. The number of nitrogens with one attached hydrogen (secondary N) is 1. The lowest BCUT2D eigenvalue weighted by atomic mass is 10.2. The number of methoxy groups -OCH3 is 1. The van der Waals surface area contributed by atoms with Crippen molar-refractivity contribution in [2.24, 2.45) is 7.05 Å². The maximum Gasteiger partial charge on any atom is 0.203 e. The minimum absolute atomic E-state index is 0.605. The van der Waals surface area contributed by atoms with Gasteiger partial charge in [-0.2, -0.15) is 0 Å². The van der Waals surface area contributed by atoms with Gasteiger partial charge in [0.15, 0.2) is 11.5 Å². The Morgan fingerprint density at radius 3 is 2.73 bits per heavy atom. The van der Waals surface area contributed by atoms with Gasteiger partial charge in [0.1, 0.15) is 0 Å². The van der Waals surface area contributed by atoms with Crippen molar-refractivity contribution in [2.45, 2.75) is 13.5 Å². The van der Waals surface area contributed by atoms with Gasteiger partial charge in [-0.05, 0) is 36.8 Å². The van der Waals surface area contributed by atoms with Crippen molar-refractivity contribution in [3.05, 3.63) is 59.2 Å². The highest BCUT2D eigenvalue weighted by Gasteiger charge is 2.10.